The van der Waals surface area contributed by atoms with Gasteiger partial charge in [0.1, 0.15) is 5.69 Å². The van der Waals surface area contributed by atoms with Gasteiger partial charge in [0.05, 0.1) is 6.20 Å². The molecule has 5 heteroatoms. The van der Waals surface area contributed by atoms with Gasteiger partial charge in [-0.05, 0) is 19.1 Å². The first kappa shape index (κ1) is 12.0. The molecule has 2 rings (SSSR count). The number of anilines is 1. The smallest absolute Gasteiger partial charge is 0.278 e. The summed E-state index contributed by atoms with van der Waals surface area (Å²) in [5, 5.41) is 0. The average molecular weight is 243 g/mol. The number of H-pyrrole nitrogens is 1. The van der Waals surface area contributed by atoms with Crippen LogP contribution in [0.3, 0.4) is 0 Å². The molecule has 0 spiro atoms. The topological polar surface area (TPSA) is 66.1 Å². The Morgan fingerprint density at radius 3 is 2.61 bits per heavy atom. The first-order chi connectivity index (χ1) is 8.72. The van der Waals surface area contributed by atoms with Gasteiger partial charge in [0.2, 0.25) is 0 Å². The normalized spacial score (nSPS) is 10.1. The molecule has 92 valence electrons. The molecule has 1 aromatic heterocycles. The molecule has 1 aromatic carbocycles. The maximum atomic E-state index is 12.2. The number of nitrogens with one attached hydrogen (secondary N) is 1. The lowest BCUT2D eigenvalue weighted by Crippen LogP contribution is -2.31. The van der Waals surface area contributed by atoms with Crippen molar-refractivity contribution in [3.63, 3.8) is 0 Å². The van der Waals surface area contributed by atoms with Gasteiger partial charge in [0.15, 0.2) is 0 Å². The van der Waals surface area contributed by atoms with Gasteiger partial charge in [-0.15, -0.1) is 0 Å². The van der Waals surface area contributed by atoms with Crippen molar-refractivity contribution in [2.75, 3.05) is 11.4 Å². The third-order valence-corrected chi connectivity index (χ3v) is 2.52. The summed E-state index contributed by atoms with van der Waals surface area (Å²) in [5.74, 6) is -0.236. The molecule has 1 N–H and O–H groups in total. The zero-order valence-electron chi connectivity index (χ0n) is 9.96. The summed E-state index contributed by atoms with van der Waals surface area (Å²) in [6.07, 6.45) is 2.43. The summed E-state index contributed by atoms with van der Waals surface area (Å²) in [5.41, 5.74) is 0.701. The summed E-state index contributed by atoms with van der Waals surface area (Å²) in [7, 11) is 0. The standard InChI is InChI=1S/C13H13N3O2/c1-2-16(10-6-4-3-5-7-10)13(18)11-8-15-12(17)9-14-11/h3-9H,2H2,1H3,(H,15,17). The van der Waals surface area contributed by atoms with E-state index in [0.717, 1.165) is 11.9 Å². The van der Waals surface area contributed by atoms with Crippen LogP contribution in [0.1, 0.15) is 17.4 Å². The Hall–Kier alpha value is -2.43. The summed E-state index contributed by atoms with van der Waals surface area (Å²) < 4.78 is 0. The number of nitrogens with zero attached hydrogens (tertiary/aromatic N) is 2. The number of para-hydroxylation sites is 1. The molecule has 0 saturated carbocycles. The fraction of sp³-hybridized carbons (Fsp3) is 0.154. The Bertz CT molecular complexity index is 572. The van der Waals surface area contributed by atoms with E-state index >= 15 is 0 Å². The molecule has 0 atom stereocenters. The van der Waals surface area contributed by atoms with E-state index < -0.39 is 0 Å². The van der Waals surface area contributed by atoms with E-state index in [1.54, 1.807) is 4.90 Å². The Morgan fingerprint density at radius 2 is 2.06 bits per heavy atom. The van der Waals surface area contributed by atoms with Gasteiger partial charge in [0.25, 0.3) is 11.5 Å². The van der Waals surface area contributed by atoms with Gasteiger partial charge in [-0.3, -0.25) is 9.59 Å². The second kappa shape index (κ2) is 5.27. The zero-order chi connectivity index (χ0) is 13.0. The first-order valence-electron chi connectivity index (χ1n) is 5.64. The number of carbonyl (C=O) groups excluding carboxylic acids is 1. The fourth-order valence-electron chi connectivity index (χ4n) is 1.65. The number of aromatic nitrogens is 2. The van der Waals surface area contributed by atoms with Crippen LogP contribution in [-0.4, -0.2) is 22.4 Å². The van der Waals surface area contributed by atoms with Crippen LogP contribution < -0.4 is 10.5 Å². The molecule has 2 aromatic rings. The fourth-order valence-corrected chi connectivity index (χ4v) is 1.65. The number of benzene rings is 1. The molecule has 1 heterocycles. The second-order valence-corrected chi connectivity index (χ2v) is 3.68. The Morgan fingerprint density at radius 1 is 1.33 bits per heavy atom. The van der Waals surface area contributed by atoms with E-state index in [1.165, 1.54) is 6.20 Å². The monoisotopic (exact) mass is 243 g/mol. The van der Waals surface area contributed by atoms with Gasteiger partial charge < -0.3 is 9.88 Å². The highest BCUT2D eigenvalue weighted by Gasteiger charge is 2.16. The van der Waals surface area contributed by atoms with Crippen molar-refractivity contribution in [2.24, 2.45) is 0 Å². The quantitative estimate of drug-likeness (QED) is 0.887. The minimum Gasteiger partial charge on any atom is -0.325 e. The van der Waals surface area contributed by atoms with Crippen molar-refractivity contribution in [3.05, 3.63) is 58.8 Å². The molecule has 0 fully saturated rings. The summed E-state index contributed by atoms with van der Waals surface area (Å²) in [4.78, 5) is 31.0. The molecular formula is C13H13N3O2. The number of hydrogen-bond acceptors (Lipinski definition) is 3. The number of carbonyl (C=O) groups is 1. The van der Waals surface area contributed by atoms with Gasteiger partial charge in [-0.1, -0.05) is 18.2 Å². The molecule has 5 nitrogen and oxygen atoms in total. The van der Waals surface area contributed by atoms with Crippen LogP contribution in [-0.2, 0) is 0 Å². The van der Waals surface area contributed by atoms with Gasteiger partial charge in [0, 0.05) is 18.4 Å². The predicted molar refractivity (Wildman–Crippen MR) is 68.7 cm³/mol. The first-order valence-corrected chi connectivity index (χ1v) is 5.64. The van der Waals surface area contributed by atoms with Crippen LogP contribution in [0.2, 0.25) is 0 Å². The lowest BCUT2D eigenvalue weighted by atomic mass is 10.2. The highest BCUT2D eigenvalue weighted by molar-refractivity contribution is 6.04. The average Bonchev–Trinajstić information content (AvgIpc) is 2.41. The van der Waals surface area contributed by atoms with Crippen LogP contribution >= 0.6 is 0 Å². The van der Waals surface area contributed by atoms with E-state index in [0.29, 0.717) is 6.54 Å². The molecule has 0 aliphatic heterocycles. The maximum absolute atomic E-state index is 12.2. The van der Waals surface area contributed by atoms with Gasteiger partial charge in [-0.2, -0.15) is 0 Å². The molecule has 0 aliphatic rings. The molecule has 0 saturated heterocycles. The van der Waals surface area contributed by atoms with E-state index in [1.807, 2.05) is 37.3 Å². The van der Waals surface area contributed by atoms with Crippen molar-refractivity contribution in [1.82, 2.24) is 9.97 Å². The van der Waals surface area contributed by atoms with Crippen LogP contribution in [0, 0.1) is 0 Å². The largest absolute Gasteiger partial charge is 0.325 e. The van der Waals surface area contributed by atoms with Crippen molar-refractivity contribution >= 4 is 11.6 Å². The van der Waals surface area contributed by atoms with Crippen molar-refractivity contribution in [1.29, 1.82) is 0 Å². The third-order valence-electron chi connectivity index (χ3n) is 2.52. The Labute approximate surface area is 104 Å². The lowest BCUT2D eigenvalue weighted by Gasteiger charge is -2.20. The van der Waals surface area contributed by atoms with Crippen LogP contribution in [0.25, 0.3) is 0 Å². The number of hydrogen-bond donors (Lipinski definition) is 1. The van der Waals surface area contributed by atoms with Crippen molar-refractivity contribution < 1.29 is 4.79 Å². The highest BCUT2D eigenvalue weighted by atomic mass is 16.2. The van der Waals surface area contributed by atoms with E-state index in [4.69, 9.17) is 0 Å². The number of aromatic amines is 1. The highest BCUT2D eigenvalue weighted by Crippen LogP contribution is 2.14. The van der Waals surface area contributed by atoms with Crippen molar-refractivity contribution in [2.45, 2.75) is 6.92 Å². The van der Waals surface area contributed by atoms with Gasteiger partial charge in [-0.25, -0.2) is 4.98 Å². The lowest BCUT2D eigenvalue weighted by molar-refractivity contribution is 0.0983. The van der Waals surface area contributed by atoms with E-state index in [-0.39, 0.29) is 17.2 Å². The Balaban J connectivity index is 2.31. The van der Waals surface area contributed by atoms with Crippen LogP contribution in [0.15, 0.2) is 47.5 Å². The third kappa shape index (κ3) is 2.45. The maximum Gasteiger partial charge on any atom is 0.278 e. The molecule has 0 radical (unpaired) electrons. The molecule has 1 amide bonds. The van der Waals surface area contributed by atoms with Crippen LogP contribution in [0.4, 0.5) is 5.69 Å². The number of amides is 1. The van der Waals surface area contributed by atoms with Crippen molar-refractivity contribution in [3.8, 4) is 0 Å². The molecule has 0 aliphatic carbocycles. The predicted octanol–water partition coefficient (Wildman–Crippen LogP) is 1.44. The SMILES string of the molecule is CCN(C(=O)c1c[nH]c(=O)cn1)c1ccccc1. The van der Waals surface area contributed by atoms with Crippen LogP contribution in [0.5, 0.6) is 0 Å². The minimum atomic E-state index is -0.325. The summed E-state index contributed by atoms with van der Waals surface area (Å²) in [6, 6.07) is 9.33. The summed E-state index contributed by atoms with van der Waals surface area (Å²) in [6.45, 7) is 2.42. The van der Waals surface area contributed by atoms with E-state index in [9.17, 15) is 9.59 Å². The van der Waals surface area contributed by atoms with Gasteiger partial charge >= 0.3 is 0 Å². The minimum absolute atomic E-state index is 0.223. The number of rotatable bonds is 3. The Kier molecular flexibility index (Phi) is 3.52. The molecule has 0 bridgehead atoms. The molecular weight excluding hydrogens is 230 g/mol. The summed E-state index contributed by atoms with van der Waals surface area (Å²) >= 11 is 0. The molecule has 0 unspecified atom stereocenters. The molecule has 18 heavy (non-hydrogen) atoms. The second-order valence-electron chi connectivity index (χ2n) is 3.68. The zero-order valence-corrected chi connectivity index (χ0v) is 9.96. The van der Waals surface area contributed by atoms with E-state index in [2.05, 4.69) is 9.97 Å².